The van der Waals surface area contributed by atoms with E-state index in [9.17, 15) is 13.2 Å². The van der Waals surface area contributed by atoms with Crippen LogP contribution in [0.4, 0.5) is 0 Å². The smallest absolute Gasteiger partial charge is 0.243 e. The fourth-order valence-corrected chi connectivity index (χ4v) is 5.21. The summed E-state index contributed by atoms with van der Waals surface area (Å²) in [5, 5.41) is 0. The Balaban J connectivity index is 2.30. The molecule has 1 amide bonds. The zero-order valence-corrected chi connectivity index (χ0v) is 15.9. The number of rotatable bonds is 4. The molecule has 0 aliphatic carbocycles. The quantitative estimate of drug-likeness (QED) is 0.878. The lowest BCUT2D eigenvalue weighted by Crippen LogP contribution is -2.54. The number of nitrogens with two attached hydrogens (primary N) is 1. The summed E-state index contributed by atoms with van der Waals surface area (Å²) >= 11 is 0. The van der Waals surface area contributed by atoms with Crippen molar-refractivity contribution in [1.82, 2.24) is 9.21 Å². The van der Waals surface area contributed by atoms with Crippen LogP contribution < -0.4 is 5.73 Å². The monoisotopic (exact) mass is 353 g/mol. The highest BCUT2D eigenvalue weighted by atomic mass is 32.2. The molecule has 1 unspecified atom stereocenters. The van der Waals surface area contributed by atoms with Crippen molar-refractivity contribution >= 4 is 15.9 Å². The maximum Gasteiger partial charge on any atom is 0.243 e. The van der Waals surface area contributed by atoms with Crippen LogP contribution >= 0.6 is 0 Å². The maximum absolute atomic E-state index is 13.2. The van der Waals surface area contributed by atoms with Gasteiger partial charge in [0.15, 0.2) is 0 Å². The Bertz CT molecular complexity index is 725. The number of carbonyl (C=O) groups is 1. The van der Waals surface area contributed by atoms with Gasteiger partial charge in [-0.05, 0) is 56.9 Å². The van der Waals surface area contributed by atoms with Crippen LogP contribution in [0.25, 0.3) is 0 Å². The Hall–Kier alpha value is -1.44. The van der Waals surface area contributed by atoms with Gasteiger partial charge in [0.05, 0.1) is 10.9 Å². The zero-order valence-electron chi connectivity index (χ0n) is 15.1. The first-order valence-electron chi connectivity index (χ1n) is 8.18. The summed E-state index contributed by atoms with van der Waals surface area (Å²) in [7, 11) is -3.55. The summed E-state index contributed by atoms with van der Waals surface area (Å²) in [6, 6.07) is 1.65. The SMILES string of the molecule is Cc1cc(C)c(C)c(S(=O)(=O)N2CCN(C(C)C(N)=O)CC2)c1C. The molecule has 1 aromatic rings. The van der Waals surface area contributed by atoms with E-state index in [1.165, 1.54) is 4.31 Å². The molecule has 24 heavy (non-hydrogen) atoms. The molecule has 0 saturated carbocycles. The molecule has 0 spiro atoms. The van der Waals surface area contributed by atoms with Gasteiger partial charge in [-0.3, -0.25) is 9.69 Å². The van der Waals surface area contributed by atoms with E-state index in [0.29, 0.717) is 31.1 Å². The molecule has 1 aliphatic rings. The van der Waals surface area contributed by atoms with E-state index in [1.54, 1.807) is 6.92 Å². The highest BCUT2D eigenvalue weighted by molar-refractivity contribution is 7.89. The Morgan fingerprint density at radius 1 is 1.04 bits per heavy atom. The molecular formula is C17H27N3O3S. The fraction of sp³-hybridized carbons (Fsp3) is 0.588. The topological polar surface area (TPSA) is 83.7 Å². The zero-order chi connectivity index (χ0) is 18.2. The fourth-order valence-electron chi connectivity index (χ4n) is 3.21. The van der Waals surface area contributed by atoms with Gasteiger partial charge >= 0.3 is 0 Å². The third kappa shape index (κ3) is 3.34. The summed E-state index contributed by atoms with van der Waals surface area (Å²) < 4.78 is 27.8. The van der Waals surface area contributed by atoms with Crippen LogP contribution in [-0.4, -0.2) is 55.8 Å². The highest BCUT2D eigenvalue weighted by Crippen LogP contribution is 2.29. The van der Waals surface area contributed by atoms with Crippen molar-refractivity contribution < 1.29 is 13.2 Å². The first-order valence-corrected chi connectivity index (χ1v) is 9.62. The van der Waals surface area contributed by atoms with Crippen LogP contribution in [0.15, 0.2) is 11.0 Å². The molecule has 1 atom stereocenters. The number of amides is 1. The Kier molecular flexibility index (Phi) is 5.37. The van der Waals surface area contributed by atoms with E-state index in [2.05, 4.69) is 0 Å². The van der Waals surface area contributed by atoms with Crippen molar-refractivity contribution in [3.8, 4) is 0 Å². The highest BCUT2D eigenvalue weighted by Gasteiger charge is 2.33. The lowest BCUT2D eigenvalue weighted by atomic mass is 10.0. The first-order chi connectivity index (χ1) is 11.1. The van der Waals surface area contributed by atoms with Crippen LogP contribution in [0.5, 0.6) is 0 Å². The van der Waals surface area contributed by atoms with E-state index in [1.807, 2.05) is 38.7 Å². The van der Waals surface area contributed by atoms with Crippen molar-refractivity contribution in [3.05, 3.63) is 28.3 Å². The number of benzene rings is 1. The van der Waals surface area contributed by atoms with Crippen LogP contribution in [0.1, 0.15) is 29.2 Å². The van der Waals surface area contributed by atoms with Crippen molar-refractivity contribution in [2.45, 2.75) is 45.6 Å². The van der Waals surface area contributed by atoms with Gasteiger partial charge in [0.1, 0.15) is 0 Å². The summed E-state index contributed by atoms with van der Waals surface area (Å²) in [5.74, 6) is -0.382. The van der Waals surface area contributed by atoms with Crippen molar-refractivity contribution in [2.75, 3.05) is 26.2 Å². The van der Waals surface area contributed by atoms with Gasteiger partial charge in [-0.1, -0.05) is 6.07 Å². The number of carbonyl (C=O) groups excluding carboxylic acids is 1. The van der Waals surface area contributed by atoms with Crippen LogP contribution in [-0.2, 0) is 14.8 Å². The number of primary amides is 1. The number of hydrogen-bond acceptors (Lipinski definition) is 4. The molecule has 0 radical (unpaired) electrons. The van der Waals surface area contributed by atoms with Gasteiger partial charge < -0.3 is 5.73 Å². The van der Waals surface area contributed by atoms with Gasteiger partial charge in [0.2, 0.25) is 15.9 Å². The third-order valence-electron chi connectivity index (χ3n) is 5.13. The average Bonchev–Trinajstić information content (AvgIpc) is 2.52. The standard InChI is InChI=1S/C17H27N3O3S/c1-11-10-12(2)14(4)16(13(11)3)24(22,23)20-8-6-19(7-9-20)15(5)17(18)21/h10,15H,6-9H2,1-5H3,(H2,18,21). The van der Waals surface area contributed by atoms with Crippen molar-refractivity contribution in [2.24, 2.45) is 5.73 Å². The number of nitrogens with zero attached hydrogens (tertiary/aromatic N) is 2. The lowest BCUT2D eigenvalue weighted by Gasteiger charge is -2.36. The molecular weight excluding hydrogens is 326 g/mol. The minimum absolute atomic E-state index is 0.367. The van der Waals surface area contributed by atoms with Gasteiger partial charge in [0.25, 0.3) is 0 Å². The lowest BCUT2D eigenvalue weighted by molar-refractivity contribution is -0.123. The third-order valence-corrected chi connectivity index (χ3v) is 7.30. The first kappa shape index (κ1) is 18.9. The second-order valence-electron chi connectivity index (χ2n) is 6.61. The molecule has 1 saturated heterocycles. The molecule has 2 rings (SSSR count). The van der Waals surface area contributed by atoms with E-state index in [-0.39, 0.29) is 11.9 Å². The van der Waals surface area contributed by atoms with E-state index in [0.717, 1.165) is 22.3 Å². The van der Waals surface area contributed by atoms with E-state index < -0.39 is 10.0 Å². The largest absolute Gasteiger partial charge is 0.368 e. The van der Waals surface area contributed by atoms with Crippen LogP contribution in [0.2, 0.25) is 0 Å². The van der Waals surface area contributed by atoms with Gasteiger partial charge in [-0.2, -0.15) is 4.31 Å². The Morgan fingerprint density at radius 2 is 1.50 bits per heavy atom. The number of piperazine rings is 1. The Morgan fingerprint density at radius 3 is 1.92 bits per heavy atom. The average molecular weight is 353 g/mol. The van der Waals surface area contributed by atoms with E-state index in [4.69, 9.17) is 5.73 Å². The molecule has 1 heterocycles. The minimum atomic E-state index is -3.55. The molecule has 0 bridgehead atoms. The molecule has 1 aromatic carbocycles. The second-order valence-corrected chi connectivity index (χ2v) is 8.48. The molecule has 0 aromatic heterocycles. The molecule has 134 valence electrons. The maximum atomic E-state index is 13.2. The van der Waals surface area contributed by atoms with Gasteiger partial charge in [-0.15, -0.1) is 0 Å². The summed E-state index contributed by atoms with van der Waals surface area (Å²) in [4.78, 5) is 13.7. The van der Waals surface area contributed by atoms with Crippen LogP contribution in [0, 0.1) is 27.7 Å². The van der Waals surface area contributed by atoms with Crippen LogP contribution in [0.3, 0.4) is 0 Å². The van der Waals surface area contributed by atoms with Gasteiger partial charge in [-0.25, -0.2) is 8.42 Å². The van der Waals surface area contributed by atoms with E-state index >= 15 is 0 Å². The predicted molar refractivity (Wildman–Crippen MR) is 94.4 cm³/mol. The van der Waals surface area contributed by atoms with Crippen molar-refractivity contribution in [1.29, 1.82) is 0 Å². The summed E-state index contributed by atoms with van der Waals surface area (Å²) in [6.45, 7) is 11.1. The van der Waals surface area contributed by atoms with Gasteiger partial charge in [0, 0.05) is 26.2 Å². The minimum Gasteiger partial charge on any atom is -0.368 e. The predicted octanol–water partition coefficient (Wildman–Crippen LogP) is 1.10. The molecule has 2 N–H and O–H groups in total. The second kappa shape index (κ2) is 6.82. The van der Waals surface area contributed by atoms with Crippen molar-refractivity contribution in [3.63, 3.8) is 0 Å². The number of aryl methyl sites for hydroxylation is 2. The molecule has 1 fully saturated rings. The molecule has 7 heteroatoms. The summed E-state index contributed by atoms with van der Waals surface area (Å²) in [5.41, 5.74) is 8.93. The summed E-state index contributed by atoms with van der Waals surface area (Å²) in [6.07, 6.45) is 0. The molecule has 6 nitrogen and oxygen atoms in total. The Labute approximate surface area is 144 Å². The normalized spacial score (nSPS) is 18.5. The number of hydrogen-bond donors (Lipinski definition) is 1. The molecule has 1 aliphatic heterocycles. The number of sulfonamides is 1.